The van der Waals surface area contributed by atoms with Gasteiger partial charge in [0, 0.05) is 0 Å². The van der Waals surface area contributed by atoms with E-state index in [2.05, 4.69) is 5.23 Å². The predicted octanol–water partition coefficient (Wildman–Crippen LogP) is -1.72. The zero-order chi connectivity index (χ0) is 3.41. The molecule has 0 aromatic carbocycles. The third-order valence-electron chi connectivity index (χ3n) is 0.118. The molecule has 0 fully saturated rings. The number of carbonyl (C=O) groups excluding carboxylic acids is 1. The summed E-state index contributed by atoms with van der Waals surface area (Å²) in [4.78, 5) is 9.06. The van der Waals surface area contributed by atoms with Gasteiger partial charge in [0.05, 0.1) is 0 Å². The fourth-order valence-electron chi connectivity index (χ4n) is 0. The largest absolute Gasteiger partial charge is 0.409 e. The third-order valence-corrected chi connectivity index (χ3v) is 0.118. The molecule has 0 saturated carbocycles. The molecule has 2 nitrogen and oxygen atoms in total. The van der Waals surface area contributed by atoms with Crippen molar-refractivity contribution in [3.63, 3.8) is 0 Å². The molecule has 1 N–H and O–H groups in total. The Hall–Kier alpha value is -0.465. The highest BCUT2D eigenvalue weighted by molar-refractivity contribution is 6.10. The van der Waals surface area contributed by atoms with Gasteiger partial charge in [-0.25, -0.2) is 0 Å². The number of hydrogen-bond donors (Lipinski definition) is 1. The van der Waals surface area contributed by atoms with Crippen molar-refractivity contribution in [1.29, 1.82) is 0 Å². The van der Waals surface area contributed by atoms with Crippen LogP contribution in [0, 0.1) is 0 Å². The fourth-order valence-corrected chi connectivity index (χ4v) is 0. The average molecular weight is 56.9 g/mol. The van der Waals surface area contributed by atoms with Crippen LogP contribution < -0.4 is 5.23 Å². The lowest BCUT2D eigenvalue weighted by molar-refractivity contribution is -0.108. The van der Waals surface area contributed by atoms with Gasteiger partial charge in [0.25, 0.3) is 0 Å². The number of amides is 1. The second-order valence-corrected chi connectivity index (χ2v) is 0.407. The Bertz CT molecular complexity index is 22.0. The highest BCUT2D eigenvalue weighted by Crippen LogP contribution is 1.06. The molecule has 3 heteroatoms. The van der Waals surface area contributed by atoms with Gasteiger partial charge in [0.1, 0.15) is 0 Å². The van der Waals surface area contributed by atoms with E-state index in [1.54, 1.807) is 7.98 Å². The van der Waals surface area contributed by atoms with E-state index in [4.69, 9.17) is 4.79 Å². The molecule has 1 amide bonds. The number of rotatable bonds is 1. The quantitative estimate of drug-likeness (QED) is 0.281. The average Bonchev–Trinajstić information content (AvgIpc) is 1.37. The van der Waals surface area contributed by atoms with Crippen molar-refractivity contribution in [1.82, 2.24) is 5.23 Å². The maximum Gasteiger partial charge on any atom is 0.217 e. The number of hydrogen-bond acceptors (Lipinski definition) is 1. The Morgan fingerprint density at radius 1 is 2.00 bits per heavy atom. The van der Waals surface area contributed by atoms with Crippen LogP contribution in [0.4, 0.5) is 0 Å². The second-order valence-electron chi connectivity index (χ2n) is 0.407. The molecule has 0 aliphatic heterocycles. The van der Waals surface area contributed by atoms with E-state index in [9.17, 15) is 0 Å². The first-order valence-electron chi connectivity index (χ1n) is 1.02. The minimum atomic E-state index is 0.625. The van der Waals surface area contributed by atoms with Gasteiger partial charge >= 0.3 is 0 Å². The van der Waals surface area contributed by atoms with Crippen LogP contribution in [0.15, 0.2) is 0 Å². The number of nitrogens with one attached hydrogen (secondary N) is 1. The summed E-state index contributed by atoms with van der Waals surface area (Å²) in [5.41, 5.74) is 0. The number of carbonyl (C=O) groups is 1. The summed E-state index contributed by atoms with van der Waals surface area (Å²) in [6, 6.07) is 0. The SMILES string of the molecule is BNC=O. The van der Waals surface area contributed by atoms with Crippen LogP contribution in [0.5, 0.6) is 0 Å². The molecule has 0 heterocycles. The summed E-state index contributed by atoms with van der Waals surface area (Å²) < 4.78 is 0. The van der Waals surface area contributed by atoms with Crippen LogP contribution in [-0.2, 0) is 4.79 Å². The Kier molecular flexibility index (Phi) is 2.24. The Morgan fingerprint density at radius 2 is 2.25 bits per heavy atom. The van der Waals surface area contributed by atoms with Gasteiger partial charge in [0.15, 0.2) is 6.41 Å². The van der Waals surface area contributed by atoms with E-state index < -0.39 is 0 Å². The molecule has 0 bridgehead atoms. The van der Waals surface area contributed by atoms with Crippen molar-refractivity contribution in [2.45, 2.75) is 0 Å². The van der Waals surface area contributed by atoms with Gasteiger partial charge in [-0.3, -0.25) is 4.79 Å². The molecule has 4 heavy (non-hydrogen) atoms. The molecule has 0 aliphatic carbocycles. The van der Waals surface area contributed by atoms with Crippen molar-refractivity contribution < 1.29 is 4.79 Å². The molecule has 0 aromatic heterocycles. The lowest BCUT2D eigenvalue weighted by Gasteiger charge is -1.63. The first-order chi connectivity index (χ1) is 1.91. The molecule has 0 aliphatic rings. The summed E-state index contributed by atoms with van der Waals surface area (Å²) >= 11 is 0. The molecule has 22 valence electrons. The molecular weight excluding hydrogens is 52.8 g/mol. The van der Waals surface area contributed by atoms with Crippen molar-refractivity contribution in [3.8, 4) is 0 Å². The molecule has 0 rings (SSSR count). The summed E-state index contributed by atoms with van der Waals surface area (Å²) in [5, 5.41) is 2.25. The van der Waals surface area contributed by atoms with Crippen molar-refractivity contribution in [2.24, 2.45) is 0 Å². The molecule has 0 saturated heterocycles. The van der Waals surface area contributed by atoms with Crippen molar-refractivity contribution in [3.05, 3.63) is 0 Å². The zero-order valence-electron chi connectivity index (χ0n) is 2.49. The van der Waals surface area contributed by atoms with Gasteiger partial charge in [-0.05, 0) is 0 Å². The first kappa shape index (κ1) is 3.53. The minimum absolute atomic E-state index is 0.625. The lowest BCUT2D eigenvalue weighted by atomic mass is 10.5. The predicted molar refractivity (Wildman–Crippen MR) is 17.7 cm³/mol. The van der Waals surface area contributed by atoms with E-state index in [1.807, 2.05) is 0 Å². The molecule has 0 unspecified atom stereocenters. The highest BCUT2D eigenvalue weighted by Gasteiger charge is 1.45. The van der Waals surface area contributed by atoms with Crippen LogP contribution in [0.25, 0.3) is 0 Å². The Morgan fingerprint density at radius 3 is 2.25 bits per heavy atom. The lowest BCUT2D eigenvalue weighted by Crippen LogP contribution is -2.01. The zero-order valence-corrected chi connectivity index (χ0v) is 2.49. The molecule has 0 spiro atoms. The van der Waals surface area contributed by atoms with E-state index >= 15 is 0 Å². The van der Waals surface area contributed by atoms with Crippen LogP contribution in [0.1, 0.15) is 0 Å². The molecule has 0 radical (unpaired) electrons. The Balaban J connectivity index is 2.30. The molecule has 0 aromatic rings. The van der Waals surface area contributed by atoms with Crippen molar-refractivity contribution >= 4 is 14.4 Å². The van der Waals surface area contributed by atoms with Crippen LogP contribution in [-0.4, -0.2) is 14.4 Å². The maximum atomic E-state index is 9.06. The van der Waals surface area contributed by atoms with E-state index in [0.717, 1.165) is 0 Å². The molecule has 0 atom stereocenters. The molecular formula is CH4BNO. The van der Waals surface area contributed by atoms with Crippen LogP contribution in [0.3, 0.4) is 0 Å². The van der Waals surface area contributed by atoms with Crippen LogP contribution in [0.2, 0.25) is 0 Å². The van der Waals surface area contributed by atoms with Gasteiger partial charge in [-0.2, -0.15) is 0 Å². The normalized spacial score (nSPS) is 5.00. The van der Waals surface area contributed by atoms with E-state index in [0.29, 0.717) is 6.41 Å². The van der Waals surface area contributed by atoms with Gasteiger partial charge in [-0.15, -0.1) is 0 Å². The monoisotopic (exact) mass is 57.0 g/mol. The second kappa shape index (κ2) is 2.53. The maximum absolute atomic E-state index is 9.06. The van der Waals surface area contributed by atoms with E-state index in [-0.39, 0.29) is 0 Å². The van der Waals surface area contributed by atoms with Gasteiger partial charge in [0.2, 0.25) is 7.98 Å². The van der Waals surface area contributed by atoms with Crippen molar-refractivity contribution in [2.75, 3.05) is 0 Å². The highest BCUT2D eigenvalue weighted by atomic mass is 16.1. The summed E-state index contributed by atoms with van der Waals surface area (Å²) in [6.07, 6.45) is 0.625. The summed E-state index contributed by atoms with van der Waals surface area (Å²) in [6.45, 7) is 0. The smallest absolute Gasteiger partial charge is 0.217 e. The first-order valence-corrected chi connectivity index (χ1v) is 1.02. The summed E-state index contributed by atoms with van der Waals surface area (Å²) in [5.74, 6) is 0. The van der Waals surface area contributed by atoms with Crippen LogP contribution >= 0.6 is 0 Å². The third kappa shape index (κ3) is 1.53. The van der Waals surface area contributed by atoms with Gasteiger partial charge < -0.3 is 5.23 Å². The minimum Gasteiger partial charge on any atom is -0.409 e. The topological polar surface area (TPSA) is 29.1 Å². The standard InChI is InChI=1S/CH4BNO/c2-3-1-4/h1H,2H2,(H,3,4). The summed E-state index contributed by atoms with van der Waals surface area (Å²) in [7, 11) is 1.56. The fraction of sp³-hybridized carbons (Fsp3) is 0. The van der Waals surface area contributed by atoms with Gasteiger partial charge in [-0.1, -0.05) is 0 Å². The van der Waals surface area contributed by atoms with E-state index in [1.165, 1.54) is 0 Å². The Labute approximate surface area is 25.6 Å².